The number of nitrogens with one attached hydrogen (secondary N) is 1. The third kappa shape index (κ3) is 3.33. The number of carbonyl (C=O) groups excluding carboxylic acids is 3. The zero-order valence-electron chi connectivity index (χ0n) is 15.5. The van der Waals surface area contributed by atoms with Crippen molar-refractivity contribution < 1.29 is 23.9 Å². The first-order valence-electron chi connectivity index (χ1n) is 9.87. The average Bonchev–Trinajstić information content (AvgIpc) is 3.28. The van der Waals surface area contributed by atoms with Crippen LogP contribution in [0.25, 0.3) is 0 Å². The molecular weight excluding hydrogens is 346 g/mol. The lowest BCUT2D eigenvalue weighted by Crippen LogP contribution is -2.35. The highest BCUT2D eigenvalue weighted by Crippen LogP contribution is 2.57. The van der Waals surface area contributed by atoms with E-state index in [0.717, 1.165) is 32.1 Å². The Hall–Kier alpha value is -2.37. The zero-order chi connectivity index (χ0) is 19.0. The lowest BCUT2D eigenvalue weighted by molar-refractivity contribution is -0.145. The van der Waals surface area contributed by atoms with Crippen molar-refractivity contribution in [3.8, 4) is 0 Å². The van der Waals surface area contributed by atoms with Crippen LogP contribution in [0.5, 0.6) is 0 Å². The highest BCUT2D eigenvalue weighted by atomic mass is 16.6. The molecule has 1 amide bonds. The molecule has 3 aliphatic rings. The first-order valence-corrected chi connectivity index (χ1v) is 9.87. The largest absolute Gasteiger partial charge is 0.462 e. The van der Waals surface area contributed by atoms with Crippen LogP contribution in [0, 0.1) is 23.7 Å². The van der Waals surface area contributed by atoms with E-state index in [2.05, 4.69) is 12.2 Å². The predicted molar refractivity (Wildman–Crippen MR) is 98.0 cm³/mol. The number of rotatable bonds is 7. The second kappa shape index (κ2) is 7.33. The van der Waals surface area contributed by atoms with Gasteiger partial charge in [0.15, 0.2) is 0 Å². The molecule has 2 saturated carbocycles. The van der Waals surface area contributed by atoms with Crippen LogP contribution in [-0.4, -0.2) is 30.6 Å². The van der Waals surface area contributed by atoms with Gasteiger partial charge in [0.25, 0.3) is 0 Å². The van der Waals surface area contributed by atoms with Crippen molar-refractivity contribution in [3.05, 3.63) is 29.8 Å². The molecule has 2 aliphatic carbocycles. The fourth-order valence-electron chi connectivity index (χ4n) is 4.88. The van der Waals surface area contributed by atoms with Crippen molar-refractivity contribution in [2.24, 2.45) is 23.7 Å². The van der Waals surface area contributed by atoms with Crippen LogP contribution in [0.3, 0.4) is 0 Å². The summed E-state index contributed by atoms with van der Waals surface area (Å²) in [5.41, 5.74) is 1.08. The van der Waals surface area contributed by atoms with E-state index in [4.69, 9.17) is 9.47 Å². The fourth-order valence-corrected chi connectivity index (χ4v) is 4.88. The summed E-state index contributed by atoms with van der Waals surface area (Å²) in [5, 5.41) is 2.90. The molecule has 1 aromatic carbocycles. The van der Waals surface area contributed by atoms with E-state index < -0.39 is 0 Å². The monoisotopic (exact) mass is 371 g/mol. The highest BCUT2D eigenvalue weighted by Gasteiger charge is 2.63. The maximum Gasteiger partial charge on any atom is 0.338 e. The van der Waals surface area contributed by atoms with Crippen LogP contribution in [-0.2, 0) is 19.1 Å². The Kier molecular flexibility index (Phi) is 4.89. The molecule has 3 fully saturated rings. The van der Waals surface area contributed by atoms with Crippen molar-refractivity contribution >= 4 is 23.5 Å². The van der Waals surface area contributed by atoms with Crippen LogP contribution in [0.4, 0.5) is 5.69 Å². The molecule has 2 bridgehead atoms. The number of esters is 2. The molecule has 6 nitrogen and oxygen atoms in total. The average molecular weight is 371 g/mol. The number of amides is 1. The second-order valence-corrected chi connectivity index (χ2v) is 7.83. The van der Waals surface area contributed by atoms with E-state index in [-0.39, 0.29) is 47.6 Å². The summed E-state index contributed by atoms with van der Waals surface area (Å²) in [5.74, 6) is -0.838. The zero-order valence-corrected chi connectivity index (χ0v) is 15.5. The summed E-state index contributed by atoms with van der Waals surface area (Å²) in [6.07, 6.45) is 4.71. The minimum atomic E-state index is -0.350. The van der Waals surface area contributed by atoms with E-state index in [9.17, 15) is 14.4 Å². The third-order valence-electron chi connectivity index (χ3n) is 6.16. The topological polar surface area (TPSA) is 81.7 Å². The molecule has 5 atom stereocenters. The van der Waals surface area contributed by atoms with Crippen molar-refractivity contribution in [1.29, 1.82) is 0 Å². The molecule has 6 heteroatoms. The Morgan fingerprint density at radius 1 is 1.19 bits per heavy atom. The molecule has 1 heterocycles. The number of hydrogen-bond donors (Lipinski definition) is 1. The number of unbranched alkanes of at least 4 members (excludes halogenated alkanes) is 2. The lowest BCUT2D eigenvalue weighted by Gasteiger charge is -2.23. The Labute approximate surface area is 158 Å². The maximum absolute atomic E-state index is 12.7. The van der Waals surface area contributed by atoms with Crippen LogP contribution in [0.15, 0.2) is 24.3 Å². The van der Waals surface area contributed by atoms with Gasteiger partial charge in [0.1, 0.15) is 6.10 Å². The van der Waals surface area contributed by atoms with Gasteiger partial charge in [-0.2, -0.15) is 0 Å². The minimum absolute atomic E-state index is 0.0270. The van der Waals surface area contributed by atoms with E-state index in [0.29, 0.717) is 17.9 Å². The number of benzene rings is 1. The van der Waals surface area contributed by atoms with Crippen LogP contribution < -0.4 is 5.32 Å². The summed E-state index contributed by atoms with van der Waals surface area (Å²) in [6, 6.07) is 6.70. The van der Waals surface area contributed by atoms with Gasteiger partial charge in [0.2, 0.25) is 5.91 Å². The molecule has 4 rings (SSSR count). The fraction of sp³-hybridized carbons (Fsp3) is 0.571. The third-order valence-corrected chi connectivity index (χ3v) is 6.16. The predicted octanol–water partition coefficient (Wildman–Crippen LogP) is 3.17. The summed E-state index contributed by atoms with van der Waals surface area (Å²) in [7, 11) is 0. The van der Waals surface area contributed by atoms with Gasteiger partial charge in [0, 0.05) is 11.6 Å². The highest BCUT2D eigenvalue weighted by molar-refractivity contribution is 5.97. The van der Waals surface area contributed by atoms with Crippen LogP contribution in [0.1, 0.15) is 49.4 Å². The summed E-state index contributed by atoms with van der Waals surface area (Å²) >= 11 is 0. The van der Waals surface area contributed by atoms with Crippen molar-refractivity contribution in [2.45, 2.75) is 45.1 Å². The molecule has 1 saturated heterocycles. The minimum Gasteiger partial charge on any atom is -0.462 e. The van der Waals surface area contributed by atoms with Gasteiger partial charge < -0.3 is 14.8 Å². The van der Waals surface area contributed by atoms with Gasteiger partial charge in [0.05, 0.1) is 24.0 Å². The van der Waals surface area contributed by atoms with Crippen molar-refractivity contribution in [1.82, 2.24) is 0 Å². The van der Waals surface area contributed by atoms with E-state index >= 15 is 0 Å². The standard InChI is InChI=1S/C21H25NO5/c1-2-3-4-9-26-20(24)12-5-7-14(8-6-12)22-19(23)17-13-10-15-16(11-13)27-21(25)18(15)17/h5-8,13,15-18H,2-4,9-11H2,1H3,(H,22,23)/t13-,15-,16-,17-,18+/m1/s1. The number of fused-ring (bicyclic) bond motifs is 1. The molecule has 0 aromatic heterocycles. The molecule has 0 unspecified atom stereocenters. The SMILES string of the molecule is CCCCCOC(=O)c1ccc(NC(=O)[C@@H]2[C@@H]3C[C@H]4[C@@H]2C(=O)O[C@@H]4C3)cc1. The smallest absolute Gasteiger partial charge is 0.338 e. The van der Waals surface area contributed by atoms with Crippen molar-refractivity contribution in [3.63, 3.8) is 0 Å². The normalized spacial score (nSPS) is 30.3. The Morgan fingerprint density at radius 2 is 1.96 bits per heavy atom. The summed E-state index contributed by atoms with van der Waals surface area (Å²) in [4.78, 5) is 36.8. The molecule has 1 N–H and O–H groups in total. The molecule has 1 aliphatic heterocycles. The summed E-state index contributed by atoms with van der Waals surface area (Å²) in [6.45, 7) is 2.52. The Balaban J connectivity index is 1.34. The van der Waals surface area contributed by atoms with Gasteiger partial charge in [-0.15, -0.1) is 0 Å². The Morgan fingerprint density at radius 3 is 2.70 bits per heavy atom. The number of anilines is 1. The first kappa shape index (κ1) is 18.0. The molecule has 1 aromatic rings. The first-order chi connectivity index (χ1) is 13.1. The lowest BCUT2D eigenvalue weighted by atomic mass is 9.79. The maximum atomic E-state index is 12.7. The number of hydrogen-bond acceptors (Lipinski definition) is 5. The van der Waals surface area contributed by atoms with Crippen molar-refractivity contribution in [2.75, 3.05) is 11.9 Å². The van der Waals surface area contributed by atoms with E-state index in [1.54, 1.807) is 24.3 Å². The van der Waals surface area contributed by atoms with Gasteiger partial charge >= 0.3 is 11.9 Å². The van der Waals surface area contributed by atoms with Gasteiger partial charge in [-0.25, -0.2) is 4.79 Å². The molecule has 27 heavy (non-hydrogen) atoms. The van der Waals surface area contributed by atoms with Gasteiger partial charge in [-0.05, 0) is 49.4 Å². The molecule has 0 spiro atoms. The van der Waals surface area contributed by atoms with E-state index in [1.165, 1.54) is 0 Å². The van der Waals surface area contributed by atoms with Gasteiger partial charge in [-0.1, -0.05) is 19.8 Å². The summed E-state index contributed by atoms with van der Waals surface area (Å²) < 4.78 is 10.6. The second-order valence-electron chi connectivity index (χ2n) is 7.83. The van der Waals surface area contributed by atoms with Crippen LogP contribution in [0.2, 0.25) is 0 Å². The van der Waals surface area contributed by atoms with E-state index in [1.807, 2.05) is 0 Å². The quantitative estimate of drug-likeness (QED) is 0.588. The van der Waals surface area contributed by atoms with Crippen LogP contribution >= 0.6 is 0 Å². The number of ether oxygens (including phenoxy) is 2. The van der Waals surface area contributed by atoms with Gasteiger partial charge in [-0.3, -0.25) is 9.59 Å². The molecule has 0 radical (unpaired) electrons. The molecule has 144 valence electrons. The molecular formula is C21H25NO5. The number of carbonyl (C=O) groups is 3. The Bertz CT molecular complexity index is 741.